The summed E-state index contributed by atoms with van der Waals surface area (Å²) in [6.45, 7) is 0. The molecule has 3 atom stereocenters. The number of amides is 1. The summed E-state index contributed by atoms with van der Waals surface area (Å²) in [7, 11) is 0. The fourth-order valence-electron chi connectivity index (χ4n) is 5.97. The third-order valence-corrected chi connectivity index (χ3v) is 7.69. The molecule has 2 aliphatic heterocycles. The van der Waals surface area contributed by atoms with Crippen LogP contribution in [0.4, 0.5) is 5.82 Å². The molecule has 2 aliphatic carbocycles. The van der Waals surface area contributed by atoms with Gasteiger partial charge in [-0.2, -0.15) is 0 Å². The molecule has 2 N–H and O–H groups in total. The van der Waals surface area contributed by atoms with Crippen molar-refractivity contribution in [2.75, 3.05) is 5.32 Å². The van der Waals surface area contributed by atoms with Crippen LogP contribution in [0.3, 0.4) is 0 Å². The van der Waals surface area contributed by atoms with Gasteiger partial charge < -0.3 is 19.8 Å². The van der Waals surface area contributed by atoms with E-state index in [2.05, 4.69) is 33.5 Å². The Kier molecular flexibility index (Phi) is 3.60. The molecule has 0 bridgehead atoms. The average molecular weight is 450 g/mol. The first kappa shape index (κ1) is 18.5. The minimum Gasteiger partial charge on any atom is -0.489 e. The molecular weight excluding hydrogens is 428 g/mol. The Morgan fingerprint density at radius 2 is 1.91 bits per heavy atom. The summed E-state index contributed by atoms with van der Waals surface area (Å²) in [5.41, 5.74) is 7.21. The fourth-order valence-corrected chi connectivity index (χ4v) is 5.97. The van der Waals surface area contributed by atoms with Crippen LogP contribution in [0, 0.1) is 0 Å². The molecule has 2 aromatic carbocycles. The highest BCUT2D eigenvalue weighted by molar-refractivity contribution is 5.93. The molecule has 7 heteroatoms. The van der Waals surface area contributed by atoms with Crippen molar-refractivity contribution < 1.29 is 14.3 Å². The van der Waals surface area contributed by atoms with E-state index in [1.165, 1.54) is 29.5 Å². The molecule has 0 saturated heterocycles. The quantitative estimate of drug-likeness (QED) is 0.470. The van der Waals surface area contributed by atoms with Crippen LogP contribution >= 0.6 is 0 Å². The van der Waals surface area contributed by atoms with E-state index in [0.29, 0.717) is 18.7 Å². The number of pyridine rings is 1. The zero-order valence-corrected chi connectivity index (χ0v) is 18.4. The molecule has 168 valence electrons. The van der Waals surface area contributed by atoms with E-state index in [1.54, 1.807) is 6.20 Å². The maximum Gasteiger partial charge on any atom is 0.225 e. The molecule has 1 fully saturated rings. The van der Waals surface area contributed by atoms with Crippen molar-refractivity contribution in [2.24, 2.45) is 0 Å². The number of aromatic amines is 1. The number of aryl methyl sites for hydroxylation is 2. The number of H-pyrrole nitrogens is 1. The largest absolute Gasteiger partial charge is 0.489 e. The Bertz CT molecular complexity index is 1480. The Hall–Kier alpha value is -3.87. The van der Waals surface area contributed by atoms with E-state index in [9.17, 15) is 4.79 Å². The summed E-state index contributed by atoms with van der Waals surface area (Å²) in [6, 6.07) is 12.4. The summed E-state index contributed by atoms with van der Waals surface area (Å²) in [5, 5.41) is 2.83. The summed E-state index contributed by atoms with van der Waals surface area (Å²) in [6.07, 6.45) is 6.43. The van der Waals surface area contributed by atoms with Gasteiger partial charge in [0.25, 0.3) is 0 Å². The van der Waals surface area contributed by atoms with Crippen molar-refractivity contribution in [1.82, 2.24) is 15.0 Å². The van der Waals surface area contributed by atoms with E-state index in [4.69, 9.17) is 14.5 Å². The number of anilines is 1. The normalized spacial score (nSPS) is 23.5. The van der Waals surface area contributed by atoms with Crippen molar-refractivity contribution in [1.29, 1.82) is 0 Å². The molecule has 1 amide bonds. The predicted molar refractivity (Wildman–Crippen MR) is 126 cm³/mol. The standard InChI is InChI=1S/C27H22N4O3/c32-22-7-5-16-21(8-9-28-26(16)31-22)33-15-4-6-20-17(12-15)23-24(25(23)34-20)27-29-18-10-13-2-1-3-14(13)11-19(18)30-27/h4,6,8-12,23-25H,1-3,5,7H2,(H,29,30)(H,28,31,32)/t23-,24?,25?/m0/s1. The lowest BCUT2D eigenvalue weighted by atomic mass is 10.1. The highest BCUT2D eigenvalue weighted by Crippen LogP contribution is 2.63. The Labute approximate surface area is 195 Å². The second-order valence-corrected chi connectivity index (χ2v) is 9.73. The maximum atomic E-state index is 11.7. The van der Waals surface area contributed by atoms with E-state index >= 15 is 0 Å². The molecule has 7 nitrogen and oxygen atoms in total. The zero-order valence-electron chi connectivity index (χ0n) is 18.4. The van der Waals surface area contributed by atoms with Crippen LogP contribution in [0.2, 0.25) is 0 Å². The van der Waals surface area contributed by atoms with Crippen molar-refractivity contribution >= 4 is 22.8 Å². The number of nitrogens with one attached hydrogen (secondary N) is 2. The number of carbonyl (C=O) groups is 1. The summed E-state index contributed by atoms with van der Waals surface area (Å²) in [5.74, 6) is 4.56. The number of fused-ring (bicyclic) bond motifs is 6. The lowest BCUT2D eigenvalue weighted by Crippen LogP contribution is -2.20. The fraction of sp³-hybridized carbons (Fsp3) is 0.296. The number of benzene rings is 2. The number of hydrogen-bond acceptors (Lipinski definition) is 5. The van der Waals surface area contributed by atoms with Crippen molar-refractivity contribution in [3.63, 3.8) is 0 Å². The highest BCUT2D eigenvalue weighted by Gasteiger charge is 2.61. The van der Waals surface area contributed by atoms with Gasteiger partial charge in [0.05, 0.1) is 17.0 Å². The SMILES string of the molecule is O=C1CCc2c(Oc3ccc4c(c3)[C@@H]3C(O4)C3c3nc4cc5c(cc4[nH]3)CCC5)ccnc2N1. The van der Waals surface area contributed by atoms with E-state index in [1.807, 2.05) is 18.2 Å². The number of carbonyl (C=O) groups excluding carboxylic acids is 1. The van der Waals surface area contributed by atoms with Gasteiger partial charge >= 0.3 is 0 Å². The number of rotatable bonds is 3. The minimum absolute atomic E-state index is 0.00662. The lowest BCUT2D eigenvalue weighted by molar-refractivity contribution is -0.116. The van der Waals surface area contributed by atoms with Crippen LogP contribution in [0.25, 0.3) is 11.0 Å². The molecule has 0 spiro atoms. The summed E-state index contributed by atoms with van der Waals surface area (Å²) >= 11 is 0. The van der Waals surface area contributed by atoms with Crippen molar-refractivity contribution in [2.45, 2.75) is 50.0 Å². The second kappa shape index (κ2) is 6.59. The van der Waals surface area contributed by atoms with Gasteiger partial charge in [-0.25, -0.2) is 9.97 Å². The van der Waals surface area contributed by atoms with Crippen LogP contribution in [0.1, 0.15) is 52.8 Å². The van der Waals surface area contributed by atoms with Gasteiger partial charge in [-0.1, -0.05) is 0 Å². The van der Waals surface area contributed by atoms with E-state index < -0.39 is 0 Å². The van der Waals surface area contributed by atoms with Gasteiger partial charge in [-0.05, 0) is 73.2 Å². The zero-order chi connectivity index (χ0) is 22.4. The molecule has 2 unspecified atom stereocenters. The van der Waals surface area contributed by atoms with Crippen LogP contribution < -0.4 is 14.8 Å². The third-order valence-electron chi connectivity index (χ3n) is 7.69. The molecule has 4 aromatic rings. The summed E-state index contributed by atoms with van der Waals surface area (Å²) < 4.78 is 12.5. The van der Waals surface area contributed by atoms with Crippen LogP contribution in [0.15, 0.2) is 42.6 Å². The first-order chi connectivity index (χ1) is 16.7. The van der Waals surface area contributed by atoms with E-state index in [0.717, 1.165) is 46.1 Å². The number of ether oxygens (including phenoxy) is 2. The lowest BCUT2D eigenvalue weighted by Gasteiger charge is -2.19. The van der Waals surface area contributed by atoms with Gasteiger partial charge in [-0.3, -0.25) is 4.79 Å². The van der Waals surface area contributed by atoms with Gasteiger partial charge in [0, 0.05) is 29.7 Å². The number of imidazole rings is 1. The number of nitrogens with zero attached hydrogens (tertiary/aromatic N) is 2. The monoisotopic (exact) mass is 450 g/mol. The van der Waals surface area contributed by atoms with Crippen LogP contribution in [-0.4, -0.2) is 27.0 Å². The van der Waals surface area contributed by atoms with Crippen LogP contribution in [0.5, 0.6) is 17.2 Å². The van der Waals surface area contributed by atoms with Crippen molar-refractivity contribution in [3.8, 4) is 17.2 Å². The molecule has 34 heavy (non-hydrogen) atoms. The predicted octanol–water partition coefficient (Wildman–Crippen LogP) is 4.77. The molecule has 4 heterocycles. The number of hydrogen-bond donors (Lipinski definition) is 2. The first-order valence-electron chi connectivity index (χ1n) is 12.0. The molecular formula is C27H22N4O3. The summed E-state index contributed by atoms with van der Waals surface area (Å²) in [4.78, 5) is 24.5. The second-order valence-electron chi connectivity index (χ2n) is 9.73. The van der Waals surface area contributed by atoms with Crippen LogP contribution in [-0.2, 0) is 24.1 Å². The van der Waals surface area contributed by atoms with Gasteiger partial charge in [0.1, 0.15) is 35.0 Å². The number of aromatic nitrogens is 3. The molecule has 0 radical (unpaired) electrons. The highest BCUT2D eigenvalue weighted by atomic mass is 16.5. The first-order valence-corrected chi connectivity index (χ1v) is 12.0. The molecule has 1 saturated carbocycles. The third kappa shape index (κ3) is 2.67. The maximum absolute atomic E-state index is 11.7. The Morgan fingerprint density at radius 1 is 1.00 bits per heavy atom. The van der Waals surface area contributed by atoms with Gasteiger partial charge in [-0.15, -0.1) is 0 Å². The molecule has 4 aliphatic rings. The topological polar surface area (TPSA) is 89.1 Å². The minimum atomic E-state index is -0.00662. The van der Waals surface area contributed by atoms with Gasteiger partial charge in [0.2, 0.25) is 5.91 Å². The average Bonchev–Trinajstić information content (AvgIpc) is 3.16. The van der Waals surface area contributed by atoms with E-state index in [-0.39, 0.29) is 23.8 Å². The Morgan fingerprint density at radius 3 is 2.85 bits per heavy atom. The molecule has 8 rings (SSSR count). The van der Waals surface area contributed by atoms with Crippen molar-refractivity contribution in [3.05, 3.63) is 70.7 Å². The molecule has 2 aromatic heterocycles. The van der Waals surface area contributed by atoms with Gasteiger partial charge in [0.15, 0.2) is 0 Å². The smallest absolute Gasteiger partial charge is 0.225 e. The Balaban J connectivity index is 1.08.